The van der Waals surface area contributed by atoms with Crippen LogP contribution in [-0.4, -0.2) is 55.0 Å². The number of benzene rings is 2. The van der Waals surface area contributed by atoms with E-state index in [1.165, 1.54) is 48.4 Å². The molecule has 1 saturated heterocycles. The second-order valence-electron chi connectivity index (χ2n) is 9.95. The van der Waals surface area contributed by atoms with Crippen LogP contribution in [0.5, 0.6) is 5.75 Å². The first kappa shape index (κ1) is 31.3. The van der Waals surface area contributed by atoms with Crippen molar-refractivity contribution in [1.29, 1.82) is 0 Å². The predicted octanol–water partition coefficient (Wildman–Crippen LogP) is 6.71. The third kappa shape index (κ3) is 9.43. The molecule has 0 atom stereocenters. The maximum absolute atomic E-state index is 13.4. The maximum Gasteiger partial charge on any atom is 0.406 e. The van der Waals surface area contributed by atoms with Crippen molar-refractivity contribution >= 4 is 46.0 Å². The van der Waals surface area contributed by atoms with Crippen LogP contribution in [0.25, 0.3) is 10.9 Å². The number of aromatic nitrogens is 1. The Morgan fingerprint density at radius 1 is 1.10 bits per heavy atom. The number of nitrogens with one attached hydrogen (secondary N) is 3. The van der Waals surface area contributed by atoms with Gasteiger partial charge in [0.1, 0.15) is 12.3 Å². The summed E-state index contributed by atoms with van der Waals surface area (Å²) < 4.78 is 46.9. The van der Waals surface area contributed by atoms with E-state index in [-0.39, 0.29) is 6.54 Å². The summed E-state index contributed by atoms with van der Waals surface area (Å²) in [6.45, 7) is 1.58. The molecule has 2 aromatic carbocycles. The van der Waals surface area contributed by atoms with Gasteiger partial charge in [-0.05, 0) is 67.1 Å². The Labute approximate surface area is 248 Å². The molecule has 11 heteroatoms. The first-order valence-electron chi connectivity index (χ1n) is 13.9. The largest absolute Gasteiger partial charge is 0.495 e. The van der Waals surface area contributed by atoms with Gasteiger partial charge in [-0.1, -0.05) is 31.2 Å². The van der Waals surface area contributed by atoms with Gasteiger partial charge >= 0.3 is 6.18 Å². The van der Waals surface area contributed by atoms with E-state index in [4.69, 9.17) is 9.88 Å². The van der Waals surface area contributed by atoms with Crippen LogP contribution in [0, 0.1) is 11.8 Å². The number of nitrogens with two attached hydrogens (primary N) is 1. The van der Waals surface area contributed by atoms with Crippen LogP contribution in [0.15, 0.2) is 47.4 Å². The van der Waals surface area contributed by atoms with Gasteiger partial charge < -0.3 is 25.3 Å². The molecular formula is C30H38F3N5OS2. The van der Waals surface area contributed by atoms with Crippen LogP contribution in [0.3, 0.4) is 0 Å². The lowest BCUT2D eigenvalue weighted by molar-refractivity contribution is -0.140. The van der Waals surface area contributed by atoms with Crippen molar-refractivity contribution in [3.63, 3.8) is 0 Å². The van der Waals surface area contributed by atoms with Crippen molar-refractivity contribution in [2.45, 2.75) is 55.8 Å². The highest BCUT2D eigenvalue weighted by Gasteiger charge is 2.30. The molecule has 1 saturated carbocycles. The van der Waals surface area contributed by atoms with E-state index in [1.807, 2.05) is 36.0 Å². The Morgan fingerprint density at radius 3 is 2.51 bits per heavy atom. The molecule has 0 radical (unpaired) electrons. The van der Waals surface area contributed by atoms with Gasteiger partial charge in [0.2, 0.25) is 0 Å². The number of anilines is 2. The van der Waals surface area contributed by atoms with Crippen LogP contribution >= 0.6 is 23.7 Å². The first-order valence-corrected chi connectivity index (χ1v) is 15.9. The Hall–Kier alpha value is -2.65. The maximum atomic E-state index is 13.4. The zero-order valence-electron chi connectivity index (χ0n) is 23.3. The highest BCUT2D eigenvalue weighted by molar-refractivity contribution is 7.99. The lowest BCUT2D eigenvalue weighted by Gasteiger charge is -2.24. The Morgan fingerprint density at radius 2 is 1.88 bits per heavy atom. The summed E-state index contributed by atoms with van der Waals surface area (Å²) in [6.07, 6.45) is 1.37. The van der Waals surface area contributed by atoms with E-state index in [1.54, 1.807) is 25.3 Å². The molecule has 2 fully saturated rings. The van der Waals surface area contributed by atoms with E-state index in [2.05, 4.69) is 27.8 Å². The van der Waals surface area contributed by atoms with E-state index in [9.17, 15) is 13.2 Å². The summed E-state index contributed by atoms with van der Waals surface area (Å²) >= 11 is 3.15. The summed E-state index contributed by atoms with van der Waals surface area (Å²) in [5, 5.41) is 16.3. The van der Waals surface area contributed by atoms with Crippen molar-refractivity contribution in [2.24, 2.45) is 5.14 Å². The molecular weight excluding hydrogens is 567 g/mol. The molecule has 2 heterocycles. The zero-order chi connectivity index (χ0) is 29.1. The number of halogens is 3. The molecule has 1 aromatic heterocycles. The molecule has 0 amide bonds. The molecule has 0 bridgehead atoms. The minimum Gasteiger partial charge on any atom is -0.495 e. The van der Waals surface area contributed by atoms with Crippen LogP contribution in [0.4, 0.5) is 24.5 Å². The lowest BCUT2D eigenvalue weighted by atomic mass is 9.95. The third-order valence-corrected chi connectivity index (χ3v) is 8.50. The standard InChI is InChI=1S/C26H29F3N4OS.C4H9NS/c1-34-25-16-20(35-30)12-13-23(25)31-14-6-9-19-15-21-22(32-18-7-3-2-4-8-18)10-5-11-24(21)33(19)17-26(27,28)29;1-3-6-4-2-5-1/h5,10-13,15-16,18,31-32H,2-4,7-8,14,17,30H2,1H3;5H,1-4H2. The molecule has 222 valence electrons. The van der Waals surface area contributed by atoms with E-state index < -0.39 is 12.7 Å². The van der Waals surface area contributed by atoms with E-state index >= 15 is 0 Å². The molecule has 2 aliphatic rings. The van der Waals surface area contributed by atoms with Gasteiger partial charge in [0.25, 0.3) is 0 Å². The second-order valence-corrected chi connectivity index (χ2v) is 11.9. The van der Waals surface area contributed by atoms with Gasteiger partial charge in [0, 0.05) is 46.6 Å². The lowest BCUT2D eigenvalue weighted by Crippen LogP contribution is -2.24. The Bertz CT molecular complexity index is 1310. The molecule has 5 rings (SSSR count). The molecule has 5 N–H and O–H groups in total. The van der Waals surface area contributed by atoms with Crippen molar-refractivity contribution in [1.82, 2.24) is 9.88 Å². The van der Waals surface area contributed by atoms with E-state index in [0.29, 0.717) is 23.0 Å². The SMILES string of the molecule is C1CSCCN1.COc1cc(SN)ccc1NCC#Cc1cc2c(NC3CCCCC3)cccc2n1CC(F)(F)F. The molecule has 1 aliphatic carbocycles. The van der Waals surface area contributed by atoms with Crippen molar-refractivity contribution in [3.8, 4) is 17.6 Å². The van der Waals surface area contributed by atoms with Crippen LogP contribution < -0.4 is 25.8 Å². The van der Waals surface area contributed by atoms with Gasteiger partial charge in [0.05, 0.1) is 30.6 Å². The smallest absolute Gasteiger partial charge is 0.406 e. The highest BCUT2D eigenvalue weighted by atomic mass is 32.2. The number of thioether (sulfide) groups is 1. The van der Waals surface area contributed by atoms with Crippen LogP contribution in [0.2, 0.25) is 0 Å². The molecule has 6 nitrogen and oxygen atoms in total. The fraction of sp³-hybridized carbons (Fsp3) is 0.467. The first-order chi connectivity index (χ1) is 19.9. The Balaban J connectivity index is 0.000000572. The number of fused-ring (bicyclic) bond motifs is 1. The molecule has 41 heavy (non-hydrogen) atoms. The molecule has 0 unspecified atom stereocenters. The fourth-order valence-corrected chi connectivity index (χ4v) is 6.11. The number of ether oxygens (including phenoxy) is 1. The molecule has 1 aliphatic heterocycles. The highest BCUT2D eigenvalue weighted by Crippen LogP contribution is 2.32. The zero-order valence-corrected chi connectivity index (χ0v) is 24.9. The van der Waals surface area contributed by atoms with Gasteiger partial charge in [-0.15, -0.1) is 0 Å². The predicted molar refractivity (Wildman–Crippen MR) is 167 cm³/mol. The van der Waals surface area contributed by atoms with Gasteiger partial charge in [0.15, 0.2) is 0 Å². The average Bonchev–Trinajstić information content (AvgIpc) is 3.33. The van der Waals surface area contributed by atoms with Gasteiger partial charge in [-0.2, -0.15) is 24.9 Å². The third-order valence-electron chi connectivity index (χ3n) is 6.99. The van der Waals surface area contributed by atoms with Gasteiger partial charge in [-0.25, -0.2) is 0 Å². The summed E-state index contributed by atoms with van der Waals surface area (Å²) in [5.41, 5.74) is 2.45. The number of nitrogens with zero attached hydrogens (tertiary/aromatic N) is 1. The van der Waals surface area contributed by atoms with E-state index in [0.717, 1.165) is 46.4 Å². The molecule has 0 spiro atoms. The summed E-state index contributed by atoms with van der Waals surface area (Å²) in [6, 6.07) is 13.1. The van der Waals surface area contributed by atoms with Crippen molar-refractivity contribution < 1.29 is 17.9 Å². The summed E-state index contributed by atoms with van der Waals surface area (Å²) in [4.78, 5) is 0.854. The van der Waals surface area contributed by atoms with Crippen molar-refractivity contribution in [3.05, 3.63) is 48.2 Å². The number of hydrogen-bond donors (Lipinski definition) is 4. The molecule has 3 aromatic rings. The summed E-state index contributed by atoms with van der Waals surface area (Å²) in [7, 11) is 1.56. The number of rotatable bonds is 7. The van der Waals surface area contributed by atoms with Crippen LogP contribution in [-0.2, 0) is 6.54 Å². The van der Waals surface area contributed by atoms with Crippen molar-refractivity contribution in [2.75, 3.05) is 48.9 Å². The number of methoxy groups -OCH3 is 1. The fourth-order valence-electron chi connectivity index (χ4n) is 5.01. The van der Waals surface area contributed by atoms with Gasteiger partial charge in [-0.3, -0.25) is 5.14 Å². The summed E-state index contributed by atoms with van der Waals surface area (Å²) in [5.74, 6) is 9.14. The normalized spacial score (nSPS) is 15.8. The minimum atomic E-state index is -4.36. The number of alkyl halides is 3. The minimum absolute atomic E-state index is 0.242. The topological polar surface area (TPSA) is 76.3 Å². The second kappa shape index (κ2) is 15.5. The Kier molecular flexibility index (Phi) is 11.9. The average molecular weight is 606 g/mol. The van der Waals surface area contributed by atoms with Crippen LogP contribution in [0.1, 0.15) is 37.8 Å². The monoisotopic (exact) mass is 605 g/mol. The quantitative estimate of drug-likeness (QED) is 0.176. The number of hydrogen-bond acceptors (Lipinski definition) is 7.